The zero-order valence-electron chi connectivity index (χ0n) is 16.0. The van der Waals surface area contributed by atoms with E-state index < -0.39 is 0 Å². The summed E-state index contributed by atoms with van der Waals surface area (Å²) in [4.78, 5) is 17.8. The van der Waals surface area contributed by atoms with Crippen LogP contribution in [0.1, 0.15) is 37.8 Å². The molecule has 0 aromatic heterocycles. The molecule has 1 aromatic carbocycles. The van der Waals surface area contributed by atoms with Crippen LogP contribution in [0.4, 0.5) is 4.79 Å². The Morgan fingerprint density at radius 2 is 1.88 bits per heavy atom. The Morgan fingerprint density at radius 3 is 2.46 bits per heavy atom. The lowest BCUT2D eigenvalue weighted by atomic mass is 10.1. The van der Waals surface area contributed by atoms with Gasteiger partial charge in [-0.3, -0.25) is 4.99 Å². The molecule has 6 nitrogen and oxygen atoms in total. The smallest absolute Gasteiger partial charge is 0.409 e. The minimum atomic E-state index is -0.209. The molecule has 1 heterocycles. The van der Waals surface area contributed by atoms with Gasteiger partial charge in [-0.2, -0.15) is 0 Å². The number of carbonyl (C=O) groups is 1. The molecule has 2 N–H and O–H groups in total. The van der Waals surface area contributed by atoms with Gasteiger partial charge in [0.2, 0.25) is 0 Å². The monoisotopic (exact) mass is 474 g/mol. The standard InChI is InChI=1S/C19H30N4O2.HI/c1-4-15-8-6-7-9-16(15)14-21-18(20-3)22-17-10-12-23(13-11-17)19(24)25-5-2;/h6-9,17H,4-5,10-14H2,1-3H3,(H2,20,21,22);1H. The number of nitrogens with zero attached hydrogens (tertiary/aromatic N) is 2. The van der Waals surface area contributed by atoms with E-state index in [4.69, 9.17) is 4.74 Å². The first-order valence-corrected chi connectivity index (χ1v) is 9.13. The summed E-state index contributed by atoms with van der Waals surface area (Å²) in [6.07, 6.45) is 2.60. The molecule has 1 saturated heterocycles. The van der Waals surface area contributed by atoms with Crippen molar-refractivity contribution >= 4 is 36.0 Å². The lowest BCUT2D eigenvalue weighted by Gasteiger charge is -2.32. The van der Waals surface area contributed by atoms with E-state index in [1.165, 1.54) is 11.1 Å². The number of ether oxygens (including phenoxy) is 1. The molecule has 1 aliphatic heterocycles. The second-order valence-corrected chi connectivity index (χ2v) is 6.15. The normalized spacial score (nSPS) is 15.2. The van der Waals surface area contributed by atoms with E-state index in [1.807, 2.05) is 6.92 Å². The first kappa shape index (κ1) is 22.5. The number of nitrogens with one attached hydrogen (secondary N) is 2. The number of guanidine groups is 1. The lowest BCUT2D eigenvalue weighted by Crippen LogP contribution is -2.49. The third-order valence-electron chi connectivity index (χ3n) is 4.53. The molecule has 0 spiro atoms. The molecule has 146 valence electrons. The van der Waals surface area contributed by atoms with E-state index in [9.17, 15) is 4.79 Å². The molecule has 1 amide bonds. The molecular formula is C19H31IN4O2. The zero-order valence-corrected chi connectivity index (χ0v) is 18.3. The van der Waals surface area contributed by atoms with Gasteiger partial charge in [0, 0.05) is 32.7 Å². The topological polar surface area (TPSA) is 66.0 Å². The van der Waals surface area contributed by atoms with Crippen molar-refractivity contribution in [2.24, 2.45) is 4.99 Å². The van der Waals surface area contributed by atoms with Crippen LogP contribution in [-0.4, -0.2) is 49.7 Å². The number of likely N-dealkylation sites (tertiary alicyclic amines) is 1. The fourth-order valence-electron chi connectivity index (χ4n) is 3.06. The molecular weight excluding hydrogens is 443 g/mol. The second kappa shape index (κ2) is 12.0. The fraction of sp³-hybridized carbons (Fsp3) is 0.579. The predicted molar refractivity (Wildman–Crippen MR) is 116 cm³/mol. The van der Waals surface area contributed by atoms with Crippen molar-refractivity contribution in [1.29, 1.82) is 0 Å². The van der Waals surface area contributed by atoms with Gasteiger partial charge >= 0.3 is 6.09 Å². The van der Waals surface area contributed by atoms with Gasteiger partial charge in [0.1, 0.15) is 0 Å². The van der Waals surface area contributed by atoms with Gasteiger partial charge in [0.05, 0.1) is 6.61 Å². The highest BCUT2D eigenvalue weighted by Gasteiger charge is 2.24. The molecule has 2 rings (SSSR count). The van der Waals surface area contributed by atoms with Crippen LogP contribution in [-0.2, 0) is 17.7 Å². The minimum Gasteiger partial charge on any atom is -0.450 e. The summed E-state index contributed by atoms with van der Waals surface area (Å²) in [7, 11) is 1.79. The summed E-state index contributed by atoms with van der Waals surface area (Å²) in [5.41, 5.74) is 2.65. The zero-order chi connectivity index (χ0) is 18.1. The highest BCUT2D eigenvalue weighted by atomic mass is 127. The number of carbonyl (C=O) groups excluding carboxylic acids is 1. The van der Waals surface area contributed by atoms with Crippen molar-refractivity contribution in [3.8, 4) is 0 Å². The van der Waals surface area contributed by atoms with Crippen molar-refractivity contribution < 1.29 is 9.53 Å². The third kappa shape index (κ3) is 6.66. The first-order valence-electron chi connectivity index (χ1n) is 9.13. The Bertz CT molecular complexity index is 587. The van der Waals surface area contributed by atoms with Crippen LogP contribution in [0, 0.1) is 0 Å². The first-order chi connectivity index (χ1) is 12.2. The fourth-order valence-corrected chi connectivity index (χ4v) is 3.06. The number of amides is 1. The van der Waals surface area contributed by atoms with Crippen molar-refractivity contribution in [3.05, 3.63) is 35.4 Å². The maximum atomic E-state index is 11.8. The quantitative estimate of drug-likeness (QED) is 0.391. The number of piperidine rings is 1. The summed E-state index contributed by atoms with van der Waals surface area (Å²) in [5, 5.41) is 6.86. The minimum absolute atomic E-state index is 0. The van der Waals surface area contributed by atoms with Gasteiger partial charge in [0.15, 0.2) is 5.96 Å². The van der Waals surface area contributed by atoms with E-state index in [0.29, 0.717) is 25.7 Å². The van der Waals surface area contributed by atoms with E-state index in [1.54, 1.807) is 11.9 Å². The molecule has 1 aliphatic rings. The van der Waals surface area contributed by atoms with Gasteiger partial charge in [0.25, 0.3) is 0 Å². The summed E-state index contributed by atoms with van der Waals surface area (Å²) >= 11 is 0. The van der Waals surface area contributed by atoms with Crippen molar-refractivity contribution in [1.82, 2.24) is 15.5 Å². The van der Waals surface area contributed by atoms with Crippen molar-refractivity contribution in [2.75, 3.05) is 26.7 Å². The molecule has 0 aliphatic carbocycles. The molecule has 0 atom stereocenters. The lowest BCUT2D eigenvalue weighted by molar-refractivity contribution is 0.0963. The second-order valence-electron chi connectivity index (χ2n) is 6.15. The molecule has 26 heavy (non-hydrogen) atoms. The average molecular weight is 474 g/mol. The Labute approximate surface area is 173 Å². The molecule has 1 aromatic rings. The number of benzene rings is 1. The van der Waals surface area contributed by atoms with Crippen molar-refractivity contribution in [3.63, 3.8) is 0 Å². The van der Waals surface area contributed by atoms with Crippen LogP contribution in [0.5, 0.6) is 0 Å². The number of aryl methyl sites for hydroxylation is 1. The summed E-state index contributed by atoms with van der Waals surface area (Å²) in [6.45, 7) is 6.61. The highest BCUT2D eigenvalue weighted by molar-refractivity contribution is 14.0. The molecule has 0 radical (unpaired) electrons. The number of hydrogen-bond acceptors (Lipinski definition) is 3. The Morgan fingerprint density at radius 1 is 1.23 bits per heavy atom. The van der Waals surface area contributed by atoms with Crippen LogP contribution in [0.25, 0.3) is 0 Å². The summed E-state index contributed by atoms with van der Waals surface area (Å²) in [6, 6.07) is 8.78. The maximum Gasteiger partial charge on any atom is 0.409 e. The van der Waals surface area contributed by atoms with Crippen LogP contribution < -0.4 is 10.6 Å². The summed E-state index contributed by atoms with van der Waals surface area (Å²) < 4.78 is 5.06. The van der Waals surface area contributed by atoms with Gasteiger partial charge in [-0.1, -0.05) is 31.2 Å². The Hall–Kier alpha value is -1.51. The van der Waals surface area contributed by atoms with Gasteiger partial charge < -0.3 is 20.3 Å². The number of hydrogen-bond donors (Lipinski definition) is 2. The molecule has 1 fully saturated rings. The van der Waals surface area contributed by atoms with E-state index in [-0.39, 0.29) is 30.1 Å². The average Bonchev–Trinajstić information content (AvgIpc) is 2.66. The van der Waals surface area contributed by atoms with Crippen LogP contribution in [0.15, 0.2) is 29.3 Å². The third-order valence-corrected chi connectivity index (χ3v) is 4.53. The maximum absolute atomic E-state index is 11.8. The van der Waals surface area contributed by atoms with Crippen molar-refractivity contribution in [2.45, 2.75) is 45.7 Å². The van der Waals surface area contributed by atoms with Crippen LogP contribution in [0.3, 0.4) is 0 Å². The summed E-state index contributed by atoms with van der Waals surface area (Å²) in [5.74, 6) is 0.806. The SMILES string of the molecule is CCOC(=O)N1CCC(NC(=NC)NCc2ccccc2CC)CC1.I. The molecule has 0 unspecified atom stereocenters. The molecule has 7 heteroatoms. The van der Waals surface area contributed by atoms with E-state index >= 15 is 0 Å². The Balaban J connectivity index is 0.00000338. The Kier molecular flexibility index (Phi) is 10.4. The largest absolute Gasteiger partial charge is 0.450 e. The molecule has 0 bridgehead atoms. The number of aliphatic imine (C=N–C) groups is 1. The van der Waals surface area contributed by atoms with E-state index in [2.05, 4.69) is 46.8 Å². The van der Waals surface area contributed by atoms with Crippen LogP contribution in [0.2, 0.25) is 0 Å². The molecule has 0 saturated carbocycles. The van der Waals surface area contributed by atoms with Gasteiger partial charge in [-0.25, -0.2) is 4.79 Å². The highest BCUT2D eigenvalue weighted by Crippen LogP contribution is 2.12. The van der Waals surface area contributed by atoms with Crippen LogP contribution >= 0.6 is 24.0 Å². The van der Waals surface area contributed by atoms with E-state index in [0.717, 1.165) is 31.8 Å². The van der Waals surface area contributed by atoms with Gasteiger partial charge in [-0.05, 0) is 37.3 Å². The number of halogens is 1. The predicted octanol–water partition coefficient (Wildman–Crippen LogP) is 3.15. The van der Waals surface area contributed by atoms with Gasteiger partial charge in [-0.15, -0.1) is 24.0 Å². The number of rotatable bonds is 5.